The second-order valence-electron chi connectivity index (χ2n) is 4.07. The molecule has 0 spiro atoms. The molecule has 0 aliphatic rings. The zero-order chi connectivity index (χ0) is 11.5. The van der Waals surface area contributed by atoms with E-state index in [9.17, 15) is 5.11 Å². The summed E-state index contributed by atoms with van der Waals surface area (Å²) in [6, 6.07) is 8.02. The van der Waals surface area contributed by atoms with Crippen LogP contribution in [0.15, 0.2) is 30.5 Å². The fraction of sp³-hybridized carbons (Fsp3) is 0.385. The van der Waals surface area contributed by atoms with Gasteiger partial charge in [0.15, 0.2) is 0 Å². The maximum atomic E-state index is 9.76. The molecular formula is C13H16N2O. The Bertz CT molecular complexity index is 477. The number of aliphatic hydroxyl groups excluding tert-OH is 1. The Morgan fingerprint density at radius 3 is 2.75 bits per heavy atom. The summed E-state index contributed by atoms with van der Waals surface area (Å²) < 4.78 is 0. The van der Waals surface area contributed by atoms with E-state index in [-0.39, 0.29) is 5.92 Å². The highest BCUT2D eigenvalue weighted by Crippen LogP contribution is 2.27. The third-order valence-electron chi connectivity index (χ3n) is 2.97. The zero-order valence-corrected chi connectivity index (χ0v) is 9.59. The van der Waals surface area contributed by atoms with Gasteiger partial charge in [0.25, 0.3) is 0 Å². The Kier molecular flexibility index (Phi) is 3.15. The lowest BCUT2D eigenvalue weighted by Gasteiger charge is -2.18. The molecular weight excluding hydrogens is 200 g/mol. The lowest BCUT2D eigenvalue weighted by atomic mass is 9.93. The van der Waals surface area contributed by atoms with Gasteiger partial charge in [-0.25, -0.2) is 0 Å². The van der Waals surface area contributed by atoms with Crippen LogP contribution in [-0.4, -0.2) is 21.4 Å². The van der Waals surface area contributed by atoms with Crippen LogP contribution in [0.2, 0.25) is 0 Å². The normalized spacial score (nSPS) is 14.9. The summed E-state index contributed by atoms with van der Waals surface area (Å²) in [5, 5.41) is 20.1. The van der Waals surface area contributed by atoms with Crippen LogP contribution in [0.3, 0.4) is 0 Å². The molecule has 0 aliphatic carbocycles. The summed E-state index contributed by atoms with van der Waals surface area (Å²) in [7, 11) is 0. The summed E-state index contributed by atoms with van der Waals surface area (Å²) in [6.45, 7) is 3.86. The molecule has 16 heavy (non-hydrogen) atoms. The smallest absolute Gasteiger partial charge is 0.0765 e. The van der Waals surface area contributed by atoms with Crippen molar-refractivity contribution in [2.45, 2.75) is 32.3 Å². The maximum absolute atomic E-state index is 9.76. The second kappa shape index (κ2) is 4.58. The van der Waals surface area contributed by atoms with Gasteiger partial charge in [-0.05, 0) is 13.3 Å². The number of nitrogens with zero attached hydrogens (tertiary/aromatic N) is 2. The number of aliphatic hydroxyl groups is 1. The molecule has 0 fully saturated rings. The molecule has 0 bridgehead atoms. The molecule has 3 nitrogen and oxygen atoms in total. The van der Waals surface area contributed by atoms with Crippen molar-refractivity contribution in [3.63, 3.8) is 0 Å². The molecule has 84 valence electrons. The molecule has 3 heteroatoms. The lowest BCUT2D eigenvalue weighted by molar-refractivity contribution is 0.158. The first kappa shape index (κ1) is 11.0. The van der Waals surface area contributed by atoms with Crippen LogP contribution < -0.4 is 0 Å². The second-order valence-corrected chi connectivity index (χ2v) is 4.07. The van der Waals surface area contributed by atoms with Crippen molar-refractivity contribution in [3.05, 3.63) is 36.2 Å². The Morgan fingerprint density at radius 2 is 2.06 bits per heavy atom. The molecule has 2 rings (SSSR count). The van der Waals surface area contributed by atoms with Gasteiger partial charge in [-0.3, -0.25) is 0 Å². The molecule has 1 aromatic heterocycles. The molecule has 2 unspecified atom stereocenters. The third-order valence-corrected chi connectivity index (χ3v) is 2.97. The molecule has 0 aliphatic heterocycles. The number of aromatic nitrogens is 2. The van der Waals surface area contributed by atoms with E-state index < -0.39 is 6.10 Å². The first-order valence-electron chi connectivity index (χ1n) is 5.62. The number of hydrogen-bond acceptors (Lipinski definition) is 3. The van der Waals surface area contributed by atoms with Gasteiger partial charge in [-0.2, -0.15) is 10.2 Å². The van der Waals surface area contributed by atoms with Crippen LogP contribution in [0.25, 0.3) is 10.8 Å². The molecule has 1 N–H and O–H groups in total. The summed E-state index contributed by atoms with van der Waals surface area (Å²) in [5.74, 6) is 0.0543. The Morgan fingerprint density at radius 1 is 1.31 bits per heavy atom. The van der Waals surface area contributed by atoms with Gasteiger partial charge in [0, 0.05) is 16.7 Å². The molecule has 2 atom stereocenters. The van der Waals surface area contributed by atoms with Crippen LogP contribution in [0.5, 0.6) is 0 Å². The first-order valence-corrected chi connectivity index (χ1v) is 5.62. The average Bonchev–Trinajstić information content (AvgIpc) is 2.30. The SMILES string of the molecule is CCC(c1nncc2ccccc12)C(C)O. The summed E-state index contributed by atoms with van der Waals surface area (Å²) in [4.78, 5) is 0. The number of benzene rings is 1. The molecule has 2 aromatic rings. The van der Waals surface area contributed by atoms with E-state index in [2.05, 4.69) is 17.1 Å². The van der Waals surface area contributed by atoms with E-state index in [4.69, 9.17) is 0 Å². The van der Waals surface area contributed by atoms with Crippen LogP contribution in [-0.2, 0) is 0 Å². The van der Waals surface area contributed by atoms with Crippen molar-refractivity contribution in [2.75, 3.05) is 0 Å². The van der Waals surface area contributed by atoms with E-state index in [1.165, 1.54) is 0 Å². The number of rotatable bonds is 3. The van der Waals surface area contributed by atoms with Crippen molar-refractivity contribution in [2.24, 2.45) is 0 Å². The van der Waals surface area contributed by atoms with Gasteiger partial charge in [-0.1, -0.05) is 31.2 Å². The predicted octanol–water partition coefficient (Wildman–Crippen LogP) is 2.50. The van der Waals surface area contributed by atoms with Crippen LogP contribution in [0.4, 0.5) is 0 Å². The fourth-order valence-electron chi connectivity index (χ4n) is 2.09. The predicted molar refractivity (Wildman–Crippen MR) is 64.3 cm³/mol. The van der Waals surface area contributed by atoms with Crippen molar-refractivity contribution in [1.82, 2.24) is 10.2 Å². The van der Waals surface area contributed by atoms with Gasteiger partial charge in [0.05, 0.1) is 18.0 Å². The Labute approximate surface area is 95.1 Å². The quantitative estimate of drug-likeness (QED) is 0.857. The zero-order valence-electron chi connectivity index (χ0n) is 9.59. The lowest BCUT2D eigenvalue weighted by Crippen LogP contribution is -2.16. The Balaban J connectivity index is 2.59. The third kappa shape index (κ3) is 1.91. The van der Waals surface area contributed by atoms with E-state index in [1.807, 2.05) is 24.3 Å². The maximum Gasteiger partial charge on any atom is 0.0765 e. The molecule has 1 aromatic carbocycles. The first-order chi connectivity index (χ1) is 7.74. The van der Waals surface area contributed by atoms with Crippen LogP contribution in [0.1, 0.15) is 31.9 Å². The van der Waals surface area contributed by atoms with Gasteiger partial charge in [0.2, 0.25) is 0 Å². The van der Waals surface area contributed by atoms with Crippen molar-refractivity contribution in [1.29, 1.82) is 0 Å². The average molecular weight is 216 g/mol. The van der Waals surface area contributed by atoms with E-state index in [1.54, 1.807) is 13.1 Å². The van der Waals surface area contributed by atoms with E-state index >= 15 is 0 Å². The molecule has 0 saturated carbocycles. The minimum atomic E-state index is -0.398. The fourth-order valence-corrected chi connectivity index (χ4v) is 2.09. The highest BCUT2D eigenvalue weighted by atomic mass is 16.3. The van der Waals surface area contributed by atoms with E-state index in [0.717, 1.165) is 22.9 Å². The topological polar surface area (TPSA) is 46.0 Å². The largest absolute Gasteiger partial charge is 0.393 e. The van der Waals surface area contributed by atoms with E-state index in [0.29, 0.717) is 0 Å². The van der Waals surface area contributed by atoms with Gasteiger partial charge in [0.1, 0.15) is 0 Å². The summed E-state index contributed by atoms with van der Waals surface area (Å²) in [5.41, 5.74) is 0.899. The highest BCUT2D eigenvalue weighted by Gasteiger charge is 2.19. The van der Waals surface area contributed by atoms with Crippen molar-refractivity contribution in [3.8, 4) is 0 Å². The number of fused-ring (bicyclic) bond motifs is 1. The minimum absolute atomic E-state index is 0.0543. The highest BCUT2D eigenvalue weighted by molar-refractivity contribution is 5.83. The molecule has 0 amide bonds. The minimum Gasteiger partial charge on any atom is -0.393 e. The summed E-state index contributed by atoms with van der Waals surface area (Å²) in [6.07, 6.45) is 2.22. The number of hydrogen-bond donors (Lipinski definition) is 1. The van der Waals surface area contributed by atoms with Crippen LogP contribution >= 0.6 is 0 Å². The summed E-state index contributed by atoms with van der Waals surface area (Å²) >= 11 is 0. The standard InChI is InChI=1S/C13H16N2O/c1-3-11(9(2)16)13-12-7-5-4-6-10(12)8-14-15-13/h4-9,11,16H,3H2,1-2H3. The molecule has 0 saturated heterocycles. The monoisotopic (exact) mass is 216 g/mol. The van der Waals surface area contributed by atoms with Gasteiger partial charge < -0.3 is 5.11 Å². The van der Waals surface area contributed by atoms with Crippen LogP contribution in [0, 0.1) is 0 Å². The van der Waals surface area contributed by atoms with Crippen molar-refractivity contribution >= 4 is 10.8 Å². The molecule has 0 radical (unpaired) electrons. The van der Waals surface area contributed by atoms with Gasteiger partial charge in [-0.15, -0.1) is 0 Å². The Hall–Kier alpha value is -1.48. The molecule has 1 heterocycles. The van der Waals surface area contributed by atoms with Gasteiger partial charge >= 0.3 is 0 Å². The van der Waals surface area contributed by atoms with Crippen molar-refractivity contribution < 1.29 is 5.11 Å².